The third-order valence-electron chi connectivity index (χ3n) is 1.26. The van der Waals surface area contributed by atoms with Crippen LogP contribution in [0.4, 0.5) is 0 Å². The fraction of sp³-hybridized carbons (Fsp3) is 0.714. The number of hydrazone groups is 1. The Morgan fingerprint density at radius 2 is 2.18 bits per heavy atom. The topological polar surface area (TPSA) is 50.7 Å². The van der Waals surface area contributed by atoms with Crippen molar-refractivity contribution in [3.05, 3.63) is 0 Å². The van der Waals surface area contributed by atoms with Gasteiger partial charge in [-0.25, -0.2) is 5.43 Å². The fourth-order valence-corrected chi connectivity index (χ4v) is 0.696. The molecule has 4 nitrogen and oxygen atoms in total. The summed E-state index contributed by atoms with van der Waals surface area (Å²) in [4.78, 5) is 10.6. The Balaban J connectivity index is 2.69. The van der Waals surface area contributed by atoms with Crippen LogP contribution in [0.5, 0.6) is 0 Å². The van der Waals surface area contributed by atoms with E-state index in [0.29, 0.717) is 5.90 Å². The smallest absolute Gasteiger partial charge is 0.278 e. The van der Waals surface area contributed by atoms with Gasteiger partial charge in [-0.05, 0) is 0 Å². The van der Waals surface area contributed by atoms with Crippen molar-refractivity contribution in [3.63, 3.8) is 0 Å². The first-order valence-electron chi connectivity index (χ1n) is 3.50. The van der Waals surface area contributed by atoms with E-state index in [-0.39, 0.29) is 17.9 Å². The van der Waals surface area contributed by atoms with E-state index in [4.69, 9.17) is 4.74 Å². The summed E-state index contributed by atoms with van der Waals surface area (Å²) in [6.45, 7) is 6.01. The van der Waals surface area contributed by atoms with E-state index >= 15 is 0 Å². The standard InChI is InChI=1S/C7H12N2O2/c1-7(2,3)6-9-8-5(10)4-11-6/h4H2,1-3H3,(H,8,10). The van der Waals surface area contributed by atoms with Gasteiger partial charge >= 0.3 is 0 Å². The molecule has 0 spiro atoms. The third-order valence-corrected chi connectivity index (χ3v) is 1.26. The van der Waals surface area contributed by atoms with Crippen LogP contribution in [0.2, 0.25) is 0 Å². The zero-order valence-electron chi connectivity index (χ0n) is 6.97. The van der Waals surface area contributed by atoms with Gasteiger partial charge in [0.25, 0.3) is 5.91 Å². The van der Waals surface area contributed by atoms with Crippen LogP contribution in [0, 0.1) is 5.41 Å². The molecule has 0 atom stereocenters. The van der Waals surface area contributed by atoms with Gasteiger partial charge in [0, 0.05) is 5.41 Å². The molecular formula is C7H12N2O2. The minimum absolute atomic E-state index is 0.0795. The number of nitrogens with zero attached hydrogens (tertiary/aromatic N) is 1. The van der Waals surface area contributed by atoms with E-state index in [2.05, 4.69) is 10.5 Å². The van der Waals surface area contributed by atoms with Gasteiger partial charge in [0.1, 0.15) is 0 Å². The normalized spacial score (nSPS) is 18.5. The zero-order chi connectivity index (χ0) is 8.48. The molecule has 0 aromatic heterocycles. The Hall–Kier alpha value is -1.06. The number of amides is 1. The van der Waals surface area contributed by atoms with E-state index in [1.54, 1.807) is 0 Å². The molecule has 62 valence electrons. The largest absolute Gasteiger partial charge is 0.469 e. The van der Waals surface area contributed by atoms with Crippen LogP contribution in [0.1, 0.15) is 20.8 Å². The average molecular weight is 156 g/mol. The van der Waals surface area contributed by atoms with Gasteiger partial charge in [-0.15, -0.1) is 5.10 Å². The lowest BCUT2D eigenvalue weighted by Gasteiger charge is -2.23. The summed E-state index contributed by atoms with van der Waals surface area (Å²) in [6.07, 6.45) is 0. The third kappa shape index (κ3) is 1.93. The molecule has 0 fully saturated rings. The lowest BCUT2D eigenvalue weighted by atomic mass is 9.97. The first kappa shape index (κ1) is 8.04. The van der Waals surface area contributed by atoms with Crippen molar-refractivity contribution < 1.29 is 9.53 Å². The molecule has 0 radical (unpaired) electrons. The van der Waals surface area contributed by atoms with E-state index in [9.17, 15) is 4.79 Å². The van der Waals surface area contributed by atoms with Crippen LogP contribution in [-0.2, 0) is 9.53 Å². The molecule has 0 bridgehead atoms. The second-order valence-electron chi connectivity index (χ2n) is 3.49. The molecule has 0 saturated carbocycles. The van der Waals surface area contributed by atoms with E-state index in [0.717, 1.165) is 0 Å². The quantitative estimate of drug-likeness (QED) is 0.555. The van der Waals surface area contributed by atoms with Gasteiger partial charge in [0.2, 0.25) is 5.90 Å². The van der Waals surface area contributed by atoms with Crippen molar-refractivity contribution in [1.82, 2.24) is 5.43 Å². The Bertz CT molecular complexity index is 203. The summed E-state index contributed by atoms with van der Waals surface area (Å²) in [7, 11) is 0. The van der Waals surface area contributed by atoms with Crippen LogP contribution < -0.4 is 5.43 Å². The SMILES string of the molecule is CC(C)(C)C1=NNC(=O)CO1. The maximum absolute atomic E-state index is 10.6. The molecule has 1 heterocycles. The molecule has 4 heteroatoms. The monoisotopic (exact) mass is 156 g/mol. The summed E-state index contributed by atoms with van der Waals surface area (Å²) >= 11 is 0. The van der Waals surface area contributed by atoms with Crippen LogP contribution in [0.15, 0.2) is 5.10 Å². The summed E-state index contributed by atoms with van der Waals surface area (Å²) in [5.74, 6) is 0.384. The Morgan fingerprint density at radius 3 is 2.55 bits per heavy atom. The van der Waals surface area contributed by atoms with Crippen molar-refractivity contribution in [3.8, 4) is 0 Å². The predicted octanol–water partition coefficient (Wildman–Crippen LogP) is 0.492. The molecule has 0 aromatic carbocycles. The first-order chi connectivity index (χ1) is 5.00. The van der Waals surface area contributed by atoms with Gasteiger partial charge in [0.05, 0.1) is 0 Å². The summed E-state index contributed by atoms with van der Waals surface area (Å²) in [6, 6.07) is 0. The highest BCUT2D eigenvalue weighted by Gasteiger charge is 2.24. The molecule has 1 amide bonds. The molecule has 0 aliphatic carbocycles. The second kappa shape index (κ2) is 2.53. The highest BCUT2D eigenvalue weighted by molar-refractivity contribution is 5.89. The van der Waals surface area contributed by atoms with E-state index in [1.807, 2.05) is 20.8 Å². The average Bonchev–Trinajstić information content (AvgIpc) is 1.86. The molecule has 0 aromatic rings. The van der Waals surface area contributed by atoms with Crippen LogP contribution in [-0.4, -0.2) is 18.4 Å². The number of nitrogens with one attached hydrogen (secondary N) is 1. The number of carbonyl (C=O) groups excluding carboxylic acids is 1. The van der Waals surface area contributed by atoms with Gasteiger partial charge in [-0.2, -0.15) is 0 Å². The summed E-state index contributed by atoms with van der Waals surface area (Å²) in [5.41, 5.74) is 2.23. The van der Waals surface area contributed by atoms with E-state index in [1.165, 1.54) is 0 Å². The van der Waals surface area contributed by atoms with Gasteiger partial charge in [-0.3, -0.25) is 4.79 Å². The highest BCUT2D eigenvalue weighted by atomic mass is 16.5. The molecule has 1 aliphatic rings. The van der Waals surface area contributed by atoms with Crippen molar-refractivity contribution in [2.75, 3.05) is 6.61 Å². The van der Waals surface area contributed by atoms with Crippen molar-refractivity contribution >= 4 is 11.8 Å². The summed E-state index contributed by atoms with van der Waals surface area (Å²) in [5, 5.41) is 3.78. The molecule has 1 rings (SSSR count). The molecule has 1 N–H and O–H groups in total. The second-order valence-corrected chi connectivity index (χ2v) is 3.49. The number of rotatable bonds is 0. The minimum Gasteiger partial charge on any atom is -0.469 e. The van der Waals surface area contributed by atoms with Crippen molar-refractivity contribution in [1.29, 1.82) is 0 Å². The lowest BCUT2D eigenvalue weighted by Crippen LogP contribution is -2.37. The molecule has 0 unspecified atom stereocenters. The number of carbonyl (C=O) groups is 1. The highest BCUT2D eigenvalue weighted by Crippen LogP contribution is 2.17. The Kier molecular flexibility index (Phi) is 1.85. The zero-order valence-corrected chi connectivity index (χ0v) is 6.97. The van der Waals surface area contributed by atoms with Crippen molar-refractivity contribution in [2.45, 2.75) is 20.8 Å². The Labute approximate surface area is 65.6 Å². The molecular weight excluding hydrogens is 144 g/mol. The van der Waals surface area contributed by atoms with Crippen LogP contribution >= 0.6 is 0 Å². The number of ether oxygens (including phenoxy) is 1. The summed E-state index contributed by atoms with van der Waals surface area (Å²) < 4.78 is 5.09. The van der Waals surface area contributed by atoms with Crippen LogP contribution in [0.25, 0.3) is 0 Å². The van der Waals surface area contributed by atoms with E-state index < -0.39 is 0 Å². The first-order valence-corrected chi connectivity index (χ1v) is 3.50. The van der Waals surface area contributed by atoms with Crippen LogP contribution in [0.3, 0.4) is 0 Å². The van der Waals surface area contributed by atoms with Gasteiger partial charge in [0.15, 0.2) is 6.61 Å². The maximum Gasteiger partial charge on any atom is 0.278 e. The minimum atomic E-state index is -0.196. The van der Waals surface area contributed by atoms with Crippen molar-refractivity contribution in [2.24, 2.45) is 10.5 Å². The van der Waals surface area contributed by atoms with Gasteiger partial charge < -0.3 is 4.74 Å². The predicted molar refractivity (Wildman–Crippen MR) is 41.0 cm³/mol. The number of hydrogen-bond donors (Lipinski definition) is 1. The molecule has 1 aliphatic heterocycles. The lowest BCUT2D eigenvalue weighted by molar-refractivity contribution is -0.124. The fourth-order valence-electron chi connectivity index (χ4n) is 0.696. The van der Waals surface area contributed by atoms with Gasteiger partial charge in [-0.1, -0.05) is 20.8 Å². The molecule has 11 heavy (non-hydrogen) atoms. The number of hydrogen-bond acceptors (Lipinski definition) is 3. The maximum atomic E-state index is 10.6. The molecule has 0 saturated heterocycles. The Morgan fingerprint density at radius 1 is 1.55 bits per heavy atom.